The molecule has 3 rings (SSSR count). The van der Waals surface area contributed by atoms with Crippen LogP contribution < -0.4 is 10.6 Å². The first-order valence-corrected chi connectivity index (χ1v) is 7.43. The van der Waals surface area contributed by atoms with Crippen molar-refractivity contribution >= 4 is 46.7 Å². The van der Waals surface area contributed by atoms with Gasteiger partial charge in [0, 0.05) is 29.5 Å². The zero-order chi connectivity index (χ0) is 16.4. The topological polar surface area (TPSA) is 70.6 Å². The Balaban J connectivity index is 1.79. The van der Waals surface area contributed by atoms with Gasteiger partial charge in [-0.2, -0.15) is 0 Å². The number of carbonyl (C=O) groups excluding carboxylic acids is 2. The van der Waals surface area contributed by atoms with Gasteiger partial charge in [0.15, 0.2) is 0 Å². The summed E-state index contributed by atoms with van der Waals surface area (Å²) in [6.45, 7) is 1.45. The van der Waals surface area contributed by atoms with Crippen LogP contribution in [0, 0.1) is 0 Å². The number of nitrogens with zero attached hydrogens (tertiary/aromatic N) is 1. The maximum Gasteiger partial charge on any atom is 0.237 e. The van der Waals surface area contributed by atoms with Crippen molar-refractivity contribution in [1.29, 1.82) is 0 Å². The van der Waals surface area contributed by atoms with E-state index in [1.54, 1.807) is 48.7 Å². The molecule has 1 heterocycles. The molecule has 1 aliphatic heterocycles. The van der Waals surface area contributed by atoms with E-state index in [-0.39, 0.29) is 11.8 Å². The smallest absolute Gasteiger partial charge is 0.237 e. The van der Waals surface area contributed by atoms with Gasteiger partial charge < -0.3 is 10.6 Å². The van der Waals surface area contributed by atoms with Crippen LogP contribution in [0.4, 0.5) is 17.1 Å². The maximum absolute atomic E-state index is 12.0. The van der Waals surface area contributed by atoms with Gasteiger partial charge in [0.2, 0.25) is 11.8 Å². The number of benzene rings is 2. The largest absolute Gasteiger partial charge is 0.326 e. The highest BCUT2D eigenvalue weighted by Crippen LogP contribution is 2.33. The summed E-state index contributed by atoms with van der Waals surface area (Å²) in [6, 6.07) is 12.3. The van der Waals surface area contributed by atoms with Gasteiger partial charge in [-0.25, -0.2) is 0 Å². The molecule has 2 N–H and O–H groups in total. The SMILES string of the molecule is CC(=O)Nc1ccc(N=CC2C(=O)Nc3ccc(Cl)cc32)cc1. The molecule has 2 aromatic carbocycles. The van der Waals surface area contributed by atoms with Crippen LogP contribution in [0.5, 0.6) is 0 Å². The Morgan fingerprint density at radius 3 is 2.70 bits per heavy atom. The molecule has 23 heavy (non-hydrogen) atoms. The fourth-order valence-electron chi connectivity index (χ4n) is 2.40. The quantitative estimate of drug-likeness (QED) is 0.843. The van der Waals surface area contributed by atoms with Gasteiger partial charge in [-0.3, -0.25) is 14.6 Å². The highest BCUT2D eigenvalue weighted by atomic mass is 35.5. The van der Waals surface area contributed by atoms with E-state index in [2.05, 4.69) is 15.6 Å². The molecular formula is C17H14ClN3O2. The van der Waals surface area contributed by atoms with Crippen molar-refractivity contribution in [2.24, 2.45) is 4.99 Å². The number of anilines is 2. The first-order chi connectivity index (χ1) is 11.0. The molecule has 116 valence electrons. The average Bonchev–Trinajstić information content (AvgIpc) is 2.81. The summed E-state index contributed by atoms with van der Waals surface area (Å²) >= 11 is 5.99. The van der Waals surface area contributed by atoms with Crippen molar-refractivity contribution in [2.45, 2.75) is 12.8 Å². The molecule has 2 aromatic rings. The van der Waals surface area contributed by atoms with Gasteiger partial charge in [-0.05, 0) is 48.0 Å². The van der Waals surface area contributed by atoms with E-state index in [0.717, 1.165) is 11.3 Å². The summed E-state index contributed by atoms with van der Waals surface area (Å²) in [6.07, 6.45) is 1.60. The highest BCUT2D eigenvalue weighted by molar-refractivity contribution is 6.31. The van der Waals surface area contributed by atoms with Crippen LogP contribution in [0.2, 0.25) is 5.02 Å². The van der Waals surface area contributed by atoms with E-state index < -0.39 is 5.92 Å². The third-order valence-corrected chi connectivity index (χ3v) is 3.68. The molecule has 0 aromatic heterocycles. The first-order valence-electron chi connectivity index (χ1n) is 7.05. The second kappa shape index (κ2) is 6.22. The second-order valence-electron chi connectivity index (χ2n) is 5.20. The molecular weight excluding hydrogens is 314 g/mol. The third-order valence-electron chi connectivity index (χ3n) is 3.45. The van der Waals surface area contributed by atoms with Gasteiger partial charge >= 0.3 is 0 Å². The molecule has 1 unspecified atom stereocenters. The Hall–Kier alpha value is -2.66. The third kappa shape index (κ3) is 3.40. The molecule has 0 spiro atoms. The molecule has 5 nitrogen and oxygen atoms in total. The van der Waals surface area contributed by atoms with Crippen molar-refractivity contribution in [3.8, 4) is 0 Å². The Labute approximate surface area is 138 Å². The lowest BCUT2D eigenvalue weighted by Crippen LogP contribution is -2.12. The second-order valence-corrected chi connectivity index (χ2v) is 5.64. The molecule has 6 heteroatoms. The van der Waals surface area contributed by atoms with E-state index >= 15 is 0 Å². The zero-order valence-electron chi connectivity index (χ0n) is 12.3. The number of carbonyl (C=O) groups is 2. The van der Waals surface area contributed by atoms with E-state index in [0.29, 0.717) is 16.4 Å². The molecule has 0 bridgehead atoms. The van der Waals surface area contributed by atoms with Gasteiger partial charge in [-0.15, -0.1) is 0 Å². The lowest BCUT2D eigenvalue weighted by atomic mass is 10.0. The van der Waals surface area contributed by atoms with Crippen LogP contribution in [0.15, 0.2) is 47.5 Å². The Bertz CT molecular complexity index is 800. The summed E-state index contributed by atoms with van der Waals surface area (Å²) in [7, 11) is 0. The fourth-order valence-corrected chi connectivity index (χ4v) is 2.58. The molecule has 1 atom stereocenters. The van der Waals surface area contributed by atoms with Gasteiger partial charge in [0.25, 0.3) is 0 Å². The summed E-state index contributed by atoms with van der Waals surface area (Å²) in [5.74, 6) is -0.711. The lowest BCUT2D eigenvalue weighted by Gasteiger charge is -2.04. The van der Waals surface area contributed by atoms with Crippen molar-refractivity contribution in [3.05, 3.63) is 53.1 Å². The van der Waals surface area contributed by atoms with Gasteiger partial charge in [0.05, 0.1) is 5.69 Å². The normalized spacial score (nSPS) is 16.3. The molecule has 2 amide bonds. The summed E-state index contributed by atoms with van der Waals surface area (Å²) in [5, 5.41) is 6.07. The standard InChI is InChI=1S/C17H14ClN3O2/c1-10(22)20-13-5-3-12(4-6-13)19-9-15-14-8-11(18)2-7-16(14)21-17(15)23/h2-9,15H,1H3,(H,20,22)(H,21,23). The molecule has 0 saturated heterocycles. The van der Waals surface area contributed by atoms with Crippen molar-refractivity contribution in [3.63, 3.8) is 0 Å². The van der Waals surface area contributed by atoms with Crippen LogP contribution in [0.25, 0.3) is 0 Å². The predicted octanol–water partition coefficient (Wildman–Crippen LogP) is 3.74. The van der Waals surface area contributed by atoms with Crippen LogP contribution in [0.3, 0.4) is 0 Å². The van der Waals surface area contributed by atoms with E-state index in [9.17, 15) is 9.59 Å². The summed E-state index contributed by atoms with van der Waals surface area (Å²) < 4.78 is 0. The molecule has 0 aliphatic carbocycles. The number of hydrogen-bond acceptors (Lipinski definition) is 3. The minimum Gasteiger partial charge on any atom is -0.326 e. The van der Waals surface area contributed by atoms with Crippen molar-refractivity contribution < 1.29 is 9.59 Å². The first kappa shape index (κ1) is 15.2. The Morgan fingerprint density at radius 2 is 2.00 bits per heavy atom. The molecule has 1 aliphatic rings. The Kier molecular flexibility index (Phi) is 4.12. The Morgan fingerprint density at radius 1 is 1.26 bits per heavy atom. The predicted molar refractivity (Wildman–Crippen MR) is 91.7 cm³/mol. The summed E-state index contributed by atoms with van der Waals surface area (Å²) in [5.41, 5.74) is 2.98. The average molecular weight is 328 g/mol. The minimum atomic E-state index is -0.460. The van der Waals surface area contributed by atoms with Crippen LogP contribution in [0.1, 0.15) is 18.4 Å². The van der Waals surface area contributed by atoms with Crippen LogP contribution in [-0.2, 0) is 9.59 Å². The van der Waals surface area contributed by atoms with Gasteiger partial charge in [-0.1, -0.05) is 11.6 Å². The van der Waals surface area contributed by atoms with Crippen molar-refractivity contribution in [1.82, 2.24) is 0 Å². The number of aliphatic imine (C=N–C) groups is 1. The lowest BCUT2D eigenvalue weighted by molar-refractivity contribution is -0.116. The highest BCUT2D eigenvalue weighted by Gasteiger charge is 2.29. The molecule has 0 fully saturated rings. The van der Waals surface area contributed by atoms with Gasteiger partial charge in [0.1, 0.15) is 5.92 Å². The van der Waals surface area contributed by atoms with Crippen molar-refractivity contribution in [2.75, 3.05) is 10.6 Å². The van der Waals surface area contributed by atoms with E-state index in [1.165, 1.54) is 6.92 Å². The maximum atomic E-state index is 12.0. The zero-order valence-corrected chi connectivity index (χ0v) is 13.1. The number of hydrogen-bond donors (Lipinski definition) is 2. The van der Waals surface area contributed by atoms with Crippen LogP contribution in [-0.4, -0.2) is 18.0 Å². The van der Waals surface area contributed by atoms with E-state index in [1.807, 2.05) is 0 Å². The number of nitrogens with one attached hydrogen (secondary N) is 2. The number of fused-ring (bicyclic) bond motifs is 1. The summed E-state index contributed by atoms with van der Waals surface area (Å²) in [4.78, 5) is 27.4. The van der Waals surface area contributed by atoms with Crippen LogP contribution >= 0.6 is 11.6 Å². The van der Waals surface area contributed by atoms with E-state index in [4.69, 9.17) is 11.6 Å². The number of halogens is 1. The monoisotopic (exact) mass is 327 g/mol. The minimum absolute atomic E-state index is 0.124. The number of amides is 2. The molecule has 0 saturated carbocycles. The number of rotatable bonds is 3. The fraction of sp³-hybridized carbons (Fsp3) is 0.118. The molecule has 0 radical (unpaired) electrons.